The number of carboxylic acids is 1. The van der Waals surface area contributed by atoms with E-state index in [-0.39, 0.29) is 13.0 Å². The van der Waals surface area contributed by atoms with Gasteiger partial charge in [-0.05, 0) is 37.8 Å². The Morgan fingerprint density at radius 2 is 2.10 bits per heavy atom. The Bertz CT molecular complexity index is 1030. The summed E-state index contributed by atoms with van der Waals surface area (Å²) in [6.07, 6.45) is 2.64. The number of aromatic nitrogens is 4. The second-order valence-corrected chi connectivity index (χ2v) is 7.64. The summed E-state index contributed by atoms with van der Waals surface area (Å²) in [5.74, 6) is 5.47. The van der Waals surface area contributed by atoms with Crippen molar-refractivity contribution < 1.29 is 19.4 Å². The standard InChI is InChI=1S/C22H27N5O4/c1-4-12-31-21(30)23-14-18-20(25-26-27(18)3)17-7-6-15(16(5-2)24-17)8-9-22(10-11-22)13-19(28)29/h6-7H,4-5,10-14H2,1-3H3,(H,23,30)(H,28,29). The van der Waals surface area contributed by atoms with Crippen molar-refractivity contribution in [3.05, 3.63) is 29.1 Å². The monoisotopic (exact) mass is 425 g/mol. The van der Waals surface area contributed by atoms with Gasteiger partial charge in [0.2, 0.25) is 0 Å². The van der Waals surface area contributed by atoms with Gasteiger partial charge in [-0.3, -0.25) is 4.79 Å². The lowest BCUT2D eigenvalue weighted by Gasteiger charge is -2.09. The summed E-state index contributed by atoms with van der Waals surface area (Å²) in [5.41, 5.74) is 3.13. The van der Waals surface area contributed by atoms with Crippen LogP contribution in [-0.4, -0.2) is 43.8 Å². The van der Waals surface area contributed by atoms with Gasteiger partial charge in [0.1, 0.15) is 5.69 Å². The molecule has 0 aliphatic heterocycles. The maximum Gasteiger partial charge on any atom is 0.407 e. The van der Waals surface area contributed by atoms with Gasteiger partial charge >= 0.3 is 12.1 Å². The van der Waals surface area contributed by atoms with Crippen molar-refractivity contribution >= 4 is 12.1 Å². The van der Waals surface area contributed by atoms with Crippen molar-refractivity contribution in [1.29, 1.82) is 0 Å². The van der Waals surface area contributed by atoms with Crippen LogP contribution in [-0.2, 0) is 29.5 Å². The minimum absolute atomic E-state index is 0.0730. The largest absolute Gasteiger partial charge is 0.481 e. The number of carboxylic acid groups (broad SMARTS) is 1. The molecule has 2 aromatic heterocycles. The second kappa shape index (κ2) is 9.60. The predicted molar refractivity (Wildman–Crippen MR) is 113 cm³/mol. The number of aliphatic carboxylic acids is 1. The lowest BCUT2D eigenvalue weighted by molar-refractivity contribution is -0.137. The number of nitrogens with one attached hydrogen (secondary N) is 1. The van der Waals surface area contributed by atoms with E-state index in [1.165, 1.54) is 0 Å². The van der Waals surface area contributed by atoms with Crippen molar-refractivity contribution in [2.75, 3.05) is 6.61 Å². The van der Waals surface area contributed by atoms with Gasteiger partial charge in [-0.15, -0.1) is 5.10 Å². The average molecular weight is 425 g/mol. The molecule has 0 spiro atoms. The van der Waals surface area contributed by atoms with E-state index < -0.39 is 17.5 Å². The number of nitrogens with zero attached hydrogens (tertiary/aromatic N) is 4. The number of carbonyl (C=O) groups excluding carboxylic acids is 1. The van der Waals surface area contributed by atoms with Gasteiger partial charge in [0.25, 0.3) is 0 Å². The van der Waals surface area contributed by atoms with Crippen LogP contribution in [0.2, 0.25) is 0 Å². The third-order valence-electron chi connectivity index (χ3n) is 5.14. The van der Waals surface area contributed by atoms with Crippen molar-refractivity contribution in [3.8, 4) is 23.2 Å². The van der Waals surface area contributed by atoms with Crippen LogP contribution in [0, 0.1) is 17.3 Å². The molecule has 0 saturated heterocycles. The van der Waals surface area contributed by atoms with Crippen LogP contribution in [0.3, 0.4) is 0 Å². The highest BCUT2D eigenvalue weighted by Crippen LogP contribution is 2.48. The number of ether oxygens (including phenoxy) is 1. The third kappa shape index (κ3) is 5.60. The van der Waals surface area contributed by atoms with Crippen LogP contribution in [0.1, 0.15) is 56.5 Å². The Morgan fingerprint density at radius 3 is 2.74 bits per heavy atom. The Labute approximate surface area is 181 Å². The smallest absolute Gasteiger partial charge is 0.407 e. The predicted octanol–water partition coefficient (Wildman–Crippen LogP) is 2.68. The number of alkyl carbamates (subject to hydrolysis) is 1. The van der Waals surface area contributed by atoms with Crippen LogP contribution in [0.5, 0.6) is 0 Å². The number of rotatable bonds is 8. The topological polar surface area (TPSA) is 119 Å². The van der Waals surface area contributed by atoms with Crippen LogP contribution in [0.15, 0.2) is 12.1 Å². The fourth-order valence-corrected chi connectivity index (χ4v) is 3.18. The SMILES string of the molecule is CCCOC(=O)NCc1c(-c2ccc(C#CC3(CC(=O)O)CC3)c(CC)n2)nnn1C. The molecule has 0 atom stereocenters. The summed E-state index contributed by atoms with van der Waals surface area (Å²) in [6, 6.07) is 3.70. The number of amides is 1. The minimum Gasteiger partial charge on any atom is -0.481 e. The first-order valence-electron chi connectivity index (χ1n) is 10.4. The molecule has 2 heterocycles. The van der Waals surface area contributed by atoms with Gasteiger partial charge in [-0.25, -0.2) is 14.5 Å². The summed E-state index contributed by atoms with van der Waals surface area (Å²) in [5, 5.41) is 20.1. The lowest BCUT2D eigenvalue weighted by Crippen LogP contribution is -2.25. The quantitative estimate of drug-likeness (QED) is 0.624. The van der Waals surface area contributed by atoms with E-state index >= 15 is 0 Å². The van der Waals surface area contributed by atoms with Gasteiger partial charge in [-0.1, -0.05) is 30.9 Å². The van der Waals surface area contributed by atoms with Crippen LogP contribution < -0.4 is 5.32 Å². The average Bonchev–Trinajstić information content (AvgIpc) is 3.41. The maximum atomic E-state index is 11.8. The second-order valence-electron chi connectivity index (χ2n) is 7.64. The van der Waals surface area contributed by atoms with Crippen molar-refractivity contribution in [2.24, 2.45) is 12.5 Å². The fourth-order valence-electron chi connectivity index (χ4n) is 3.18. The highest BCUT2D eigenvalue weighted by atomic mass is 16.5. The normalized spacial score (nSPS) is 13.8. The zero-order valence-corrected chi connectivity index (χ0v) is 18.1. The van der Waals surface area contributed by atoms with Gasteiger partial charge in [0, 0.05) is 18.0 Å². The van der Waals surface area contributed by atoms with E-state index in [9.17, 15) is 9.59 Å². The molecule has 0 bridgehead atoms. The number of pyridine rings is 1. The van der Waals surface area contributed by atoms with E-state index in [2.05, 4.69) is 27.5 Å². The zero-order valence-electron chi connectivity index (χ0n) is 18.1. The van der Waals surface area contributed by atoms with E-state index in [4.69, 9.17) is 14.8 Å². The molecule has 1 aliphatic rings. The summed E-state index contributed by atoms with van der Waals surface area (Å²) >= 11 is 0. The van der Waals surface area contributed by atoms with Gasteiger partial charge < -0.3 is 15.2 Å². The molecule has 2 N–H and O–H groups in total. The van der Waals surface area contributed by atoms with Crippen LogP contribution >= 0.6 is 0 Å². The molecular formula is C22H27N5O4. The highest BCUT2D eigenvalue weighted by molar-refractivity contribution is 5.69. The molecule has 31 heavy (non-hydrogen) atoms. The summed E-state index contributed by atoms with van der Waals surface area (Å²) in [7, 11) is 1.75. The fraction of sp³-hybridized carbons (Fsp3) is 0.500. The highest BCUT2D eigenvalue weighted by Gasteiger charge is 2.43. The van der Waals surface area contributed by atoms with Crippen molar-refractivity contribution in [3.63, 3.8) is 0 Å². The Kier molecular flexibility index (Phi) is 6.90. The van der Waals surface area contributed by atoms with E-state index in [0.717, 1.165) is 30.5 Å². The molecule has 1 fully saturated rings. The maximum absolute atomic E-state index is 11.8. The molecule has 3 rings (SSSR count). The van der Waals surface area contributed by atoms with Crippen LogP contribution in [0.4, 0.5) is 4.79 Å². The Morgan fingerprint density at radius 1 is 1.32 bits per heavy atom. The first kappa shape index (κ1) is 22.3. The van der Waals surface area contributed by atoms with Crippen LogP contribution in [0.25, 0.3) is 11.4 Å². The molecule has 0 radical (unpaired) electrons. The zero-order chi connectivity index (χ0) is 22.4. The molecule has 2 aromatic rings. The van der Waals surface area contributed by atoms with Crippen molar-refractivity contribution in [1.82, 2.24) is 25.3 Å². The summed E-state index contributed by atoms with van der Waals surface area (Å²) in [6.45, 7) is 4.49. The first-order chi connectivity index (χ1) is 14.9. The van der Waals surface area contributed by atoms with Gasteiger partial charge in [0.05, 0.1) is 36.7 Å². The third-order valence-corrected chi connectivity index (χ3v) is 5.14. The molecule has 164 valence electrons. The molecular weight excluding hydrogens is 398 g/mol. The minimum atomic E-state index is -0.821. The van der Waals surface area contributed by atoms with E-state index in [0.29, 0.717) is 30.1 Å². The van der Waals surface area contributed by atoms with Gasteiger partial charge in [-0.2, -0.15) is 0 Å². The number of hydrogen-bond acceptors (Lipinski definition) is 6. The van der Waals surface area contributed by atoms with E-state index in [1.807, 2.05) is 26.0 Å². The Hall–Kier alpha value is -3.41. The lowest BCUT2D eigenvalue weighted by atomic mass is 10.0. The molecule has 0 unspecified atom stereocenters. The Balaban J connectivity index is 1.81. The summed E-state index contributed by atoms with van der Waals surface area (Å²) < 4.78 is 6.64. The molecule has 0 aromatic carbocycles. The molecule has 1 amide bonds. The molecule has 1 saturated carbocycles. The molecule has 1 aliphatic carbocycles. The van der Waals surface area contributed by atoms with Gasteiger partial charge in [0.15, 0.2) is 0 Å². The first-order valence-corrected chi connectivity index (χ1v) is 10.4. The number of aryl methyl sites for hydroxylation is 2. The number of hydrogen-bond donors (Lipinski definition) is 2. The molecule has 9 nitrogen and oxygen atoms in total. The summed E-state index contributed by atoms with van der Waals surface area (Å²) in [4.78, 5) is 27.5. The number of carbonyl (C=O) groups is 2. The van der Waals surface area contributed by atoms with Crippen molar-refractivity contribution in [2.45, 2.75) is 52.5 Å². The van der Waals surface area contributed by atoms with E-state index in [1.54, 1.807) is 11.7 Å². The molecule has 9 heteroatoms.